The summed E-state index contributed by atoms with van der Waals surface area (Å²) in [5.74, 6) is 1.32. The van der Waals surface area contributed by atoms with Gasteiger partial charge in [-0.3, -0.25) is 9.69 Å². The van der Waals surface area contributed by atoms with Gasteiger partial charge in [0.05, 0.1) is 13.0 Å². The van der Waals surface area contributed by atoms with Crippen molar-refractivity contribution in [2.75, 3.05) is 44.2 Å². The van der Waals surface area contributed by atoms with Crippen molar-refractivity contribution in [2.45, 2.75) is 20.3 Å². The van der Waals surface area contributed by atoms with Gasteiger partial charge in [-0.1, -0.05) is 13.8 Å². The van der Waals surface area contributed by atoms with Crippen LogP contribution in [0.1, 0.15) is 20.3 Å². The Labute approximate surface area is 152 Å². The molecular formula is C17H25IN2O3. The molecule has 1 aromatic carbocycles. The number of hydrogen-bond acceptors (Lipinski definition) is 5. The van der Waals surface area contributed by atoms with E-state index in [9.17, 15) is 4.79 Å². The number of rotatable bonds is 7. The highest BCUT2D eigenvalue weighted by Gasteiger charge is 2.18. The topological polar surface area (TPSA) is 42.0 Å². The maximum absolute atomic E-state index is 11.2. The largest absolute Gasteiger partial charge is 0.493 e. The molecule has 0 bridgehead atoms. The second-order valence-electron chi connectivity index (χ2n) is 6.23. The maximum atomic E-state index is 11.2. The standard InChI is InChI=1S/C17H25IN2O3/c1-14(2)13-22-16-5-3-15(4-6-16)20-11-9-19(10-12-20)8-7-17(21)23-18/h3-6,14H,7-13H2,1-2H3. The molecular weight excluding hydrogens is 407 g/mol. The van der Waals surface area contributed by atoms with Crippen LogP contribution in [0.5, 0.6) is 5.75 Å². The zero-order valence-electron chi connectivity index (χ0n) is 13.8. The summed E-state index contributed by atoms with van der Waals surface area (Å²) in [5, 5.41) is 0. The van der Waals surface area contributed by atoms with Crippen LogP contribution in [0, 0.1) is 5.92 Å². The van der Waals surface area contributed by atoms with Crippen LogP contribution in [-0.4, -0.2) is 50.2 Å². The monoisotopic (exact) mass is 432 g/mol. The van der Waals surface area contributed by atoms with Crippen molar-refractivity contribution >= 4 is 34.7 Å². The van der Waals surface area contributed by atoms with Crippen LogP contribution >= 0.6 is 23.0 Å². The van der Waals surface area contributed by atoms with Gasteiger partial charge in [0, 0.05) is 38.4 Å². The third-order valence-electron chi connectivity index (χ3n) is 3.88. The lowest BCUT2D eigenvalue weighted by Crippen LogP contribution is -2.46. The number of ether oxygens (including phenoxy) is 1. The minimum Gasteiger partial charge on any atom is -0.493 e. The molecule has 1 aromatic rings. The predicted molar refractivity (Wildman–Crippen MR) is 100 cm³/mol. The van der Waals surface area contributed by atoms with Crippen LogP contribution in [-0.2, 0) is 7.86 Å². The number of piperazine rings is 1. The van der Waals surface area contributed by atoms with Crippen molar-refractivity contribution < 1.29 is 12.6 Å². The molecule has 2 rings (SSSR count). The minimum atomic E-state index is -0.148. The summed E-state index contributed by atoms with van der Waals surface area (Å²) in [4.78, 5) is 15.9. The summed E-state index contributed by atoms with van der Waals surface area (Å²) in [6.45, 7) is 9.72. The molecule has 1 aliphatic rings. The van der Waals surface area contributed by atoms with Gasteiger partial charge in [0.25, 0.3) is 0 Å². The van der Waals surface area contributed by atoms with Gasteiger partial charge in [-0.25, -0.2) is 0 Å². The van der Waals surface area contributed by atoms with Gasteiger partial charge in [0.15, 0.2) is 23.0 Å². The smallest absolute Gasteiger partial charge is 0.316 e. The van der Waals surface area contributed by atoms with Crippen molar-refractivity contribution in [3.63, 3.8) is 0 Å². The van der Waals surface area contributed by atoms with E-state index in [1.54, 1.807) is 23.0 Å². The van der Waals surface area contributed by atoms with E-state index >= 15 is 0 Å². The van der Waals surface area contributed by atoms with Gasteiger partial charge < -0.3 is 12.7 Å². The van der Waals surface area contributed by atoms with Crippen LogP contribution in [0.3, 0.4) is 0 Å². The summed E-state index contributed by atoms with van der Waals surface area (Å²) in [5.41, 5.74) is 1.23. The average Bonchev–Trinajstić information content (AvgIpc) is 2.58. The molecule has 0 atom stereocenters. The highest BCUT2D eigenvalue weighted by molar-refractivity contribution is 14.1. The van der Waals surface area contributed by atoms with Crippen LogP contribution in [0.4, 0.5) is 5.69 Å². The zero-order chi connectivity index (χ0) is 16.7. The van der Waals surface area contributed by atoms with Crippen LogP contribution in [0.2, 0.25) is 0 Å². The number of carbonyl (C=O) groups is 1. The zero-order valence-corrected chi connectivity index (χ0v) is 16.0. The van der Waals surface area contributed by atoms with E-state index in [0.29, 0.717) is 12.3 Å². The molecule has 0 unspecified atom stereocenters. The Kier molecular flexibility index (Phi) is 7.42. The quantitative estimate of drug-likeness (QED) is 0.620. The Hall–Kier alpha value is -1.02. The van der Waals surface area contributed by atoms with Crippen molar-refractivity contribution in [3.05, 3.63) is 24.3 Å². The normalized spacial score (nSPS) is 15.7. The first-order valence-corrected chi connectivity index (χ1v) is 8.98. The third kappa shape index (κ3) is 6.18. The number of nitrogens with zero attached hydrogens (tertiary/aromatic N) is 2. The first-order chi connectivity index (χ1) is 11.1. The third-order valence-corrected chi connectivity index (χ3v) is 4.37. The summed E-state index contributed by atoms with van der Waals surface area (Å²) in [6, 6.07) is 8.33. The number of halogens is 1. The van der Waals surface area contributed by atoms with E-state index in [2.05, 4.69) is 38.8 Å². The van der Waals surface area contributed by atoms with Crippen molar-refractivity contribution in [1.29, 1.82) is 0 Å². The number of anilines is 1. The van der Waals surface area contributed by atoms with Crippen LogP contribution in [0.15, 0.2) is 24.3 Å². The molecule has 0 radical (unpaired) electrons. The molecule has 0 N–H and O–H groups in total. The van der Waals surface area contributed by atoms with Crippen molar-refractivity contribution in [2.24, 2.45) is 5.92 Å². The first-order valence-electron chi connectivity index (χ1n) is 8.10. The van der Waals surface area contributed by atoms with Gasteiger partial charge in [0.2, 0.25) is 0 Å². The highest BCUT2D eigenvalue weighted by Crippen LogP contribution is 2.21. The molecule has 1 aliphatic heterocycles. The first kappa shape index (κ1) is 18.3. The molecule has 0 amide bonds. The van der Waals surface area contributed by atoms with E-state index < -0.39 is 0 Å². The molecule has 0 aliphatic carbocycles. The predicted octanol–water partition coefficient (Wildman–Crippen LogP) is 3.13. The lowest BCUT2D eigenvalue weighted by Gasteiger charge is -2.36. The lowest BCUT2D eigenvalue weighted by molar-refractivity contribution is -0.131. The maximum Gasteiger partial charge on any atom is 0.316 e. The highest BCUT2D eigenvalue weighted by atomic mass is 127. The molecule has 23 heavy (non-hydrogen) atoms. The van der Waals surface area contributed by atoms with E-state index in [1.165, 1.54) is 5.69 Å². The van der Waals surface area contributed by atoms with Gasteiger partial charge >= 0.3 is 5.97 Å². The molecule has 0 aromatic heterocycles. The Morgan fingerprint density at radius 3 is 2.39 bits per heavy atom. The Morgan fingerprint density at radius 2 is 1.83 bits per heavy atom. The van der Waals surface area contributed by atoms with E-state index in [-0.39, 0.29) is 5.97 Å². The fourth-order valence-electron chi connectivity index (χ4n) is 2.53. The minimum absolute atomic E-state index is 0.148. The van der Waals surface area contributed by atoms with E-state index in [4.69, 9.17) is 4.74 Å². The Bertz CT molecular complexity index is 485. The molecule has 1 fully saturated rings. The number of hydrogen-bond donors (Lipinski definition) is 0. The summed E-state index contributed by atoms with van der Waals surface area (Å²) >= 11 is 1.64. The SMILES string of the molecule is CC(C)COc1ccc(N2CCN(CCC(=O)OI)CC2)cc1. The summed E-state index contributed by atoms with van der Waals surface area (Å²) < 4.78 is 10.4. The lowest BCUT2D eigenvalue weighted by atomic mass is 10.2. The van der Waals surface area contributed by atoms with Crippen molar-refractivity contribution in [3.8, 4) is 5.75 Å². The second-order valence-corrected chi connectivity index (χ2v) is 6.67. The van der Waals surface area contributed by atoms with Crippen LogP contribution in [0.25, 0.3) is 0 Å². The van der Waals surface area contributed by atoms with Gasteiger partial charge in [-0.15, -0.1) is 0 Å². The average molecular weight is 432 g/mol. The summed E-state index contributed by atoms with van der Waals surface area (Å²) in [6.07, 6.45) is 0.463. The van der Waals surface area contributed by atoms with E-state index in [1.807, 2.05) is 12.1 Å². The van der Waals surface area contributed by atoms with Crippen molar-refractivity contribution in [1.82, 2.24) is 4.90 Å². The van der Waals surface area contributed by atoms with Gasteiger partial charge in [0.1, 0.15) is 5.75 Å². The summed E-state index contributed by atoms with van der Waals surface area (Å²) in [7, 11) is 0. The molecule has 0 spiro atoms. The second kappa shape index (κ2) is 9.32. The molecule has 6 heteroatoms. The van der Waals surface area contributed by atoms with Gasteiger partial charge in [-0.2, -0.15) is 0 Å². The molecule has 1 saturated heterocycles. The molecule has 0 saturated carbocycles. The number of benzene rings is 1. The van der Waals surface area contributed by atoms with Crippen LogP contribution < -0.4 is 9.64 Å². The number of carbonyl (C=O) groups excluding carboxylic acids is 1. The molecule has 128 valence electrons. The fraction of sp³-hybridized carbons (Fsp3) is 0.588. The van der Waals surface area contributed by atoms with E-state index in [0.717, 1.165) is 45.1 Å². The Balaban J connectivity index is 1.77. The van der Waals surface area contributed by atoms with Gasteiger partial charge in [-0.05, 0) is 30.2 Å². The molecule has 1 heterocycles. The fourth-order valence-corrected chi connectivity index (χ4v) is 2.75. The Morgan fingerprint density at radius 1 is 1.17 bits per heavy atom. The molecule has 5 nitrogen and oxygen atoms in total.